The fourth-order valence-electron chi connectivity index (χ4n) is 1.74. The number of nitrogens with one attached hydrogen (secondary N) is 1. The molecular formula is C12H11ClN2O2. The zero-order chi connectivity index (χ0) is 12.4. The minimum atomic E-state index is -0.892. The van der Waals surface area contributed by atoms with Crippen LogP contribution in [0.2, 0.25) is 5.02 Å². The van der Waals surface area contributed by atoms with Crippen molar-refractivity contribution in [3.8, 4) is 6.07 Å². The molecule has 0 spiro atoms. The van der Waals surface area contributed by atoms with Crippen LogP contribution in [0.3, 0.4) is 0 Å². The van der Waals surface area contributed by atoms with Gasteiger partial charge in [0.1, 0.15) is 12.1 Å². The van der Waals surface area contributed by atoms with E-state index in [1.807, 2.05) is 6.07 Å². The maximum absolute atomic E-state index is 11.1. The predicted octanol–water partition coefficient (Wildman–Crippen LogP) is 2.49. The van der Waals surface area contributed by atoms with Crippen LogP contribution >= 0.6 is 11.6 Å². The molecule has 1 aliphatic carbocycles. The third-order valence-electron chi connectivity index (χ3n) is 2.80. The van der Waals surface area contributed by atoms with E-state index in [9.17, 15) is 4.79 Å². The summed E-state index contributed by atoms with van der Waals surface area (Å²) in [6.07, 6.45) is 1.82. The number of carboxylic acids is 1. The highest BCUT2D eigenvalue weighted by Crippen LogP contribution is 2.35. The molecule has 0 amide bonds. The van der Waals surface area contributed by atoms with E-state index in [4.69, 9.17) is 22.0 Å². The predicted molar refractivity (Wildman–Crippen MR) is 63.9 cm³/mol. The van der Waals surface area contributed by atoms with Gasteiger partial charge in [0.05, 0.1) is 16.3 Å². The maximum Gasteiger partial charge on any atom is 0.326 e. The Morgan fingerprint density at radius 3 is 2.82 bits per heavy atom. The van der Waals surface area contributed by atoms with Crippen molar-refractivity contribution >= 4 is 23.3 Å². The Labute approximate surface area is 104 Å². The Morgan fingerprint density at radius 2 is 2.29 bits per heavy atom. The Hall–Kier alpha value is -1.73. The van der Waals surface area contributed by atoms with Crippen molar-refractivity contribution in [2.24, 2.45) is 5.92 Å². The van der Waals surface area contributed by atoms with Crippen molar-refractivity contribution in [1.82, 2.24) is 0 Å². The van der Waals surface area contributed by atoms with Crippen LogP contribution in [-0.4, -0.2) is 17.1 Å². The van der Waals surface area contributed by atoms with Crippen LogP contribution in [0.4, 0.5) is 5.69 Å². The molecule has 88 valence electrons. The SMILES string of the molecule is N#Cc1c(Cl)cccc1NC(C(=O)O)C1CC1. The molecule has 2 N–H and O–H groups in total. The van der Waals surface area contributed by atoms with Crippen LogP contribution in [-0.2, 0) is 4.79 Å². The van der Waals surface area contributed by atoms with Crippen LogP contribution in [0.1, 0.15) is 18.4 Å². The topological polar surface area (TPSA) is 73.1 Å². The number of hydrogen-bond acceptors (Lipinski definition) is 3. The Kier molecular flexibility index (Phi) is 3.21. The quantitative estimate of drug-likeness (QED) is 0.861. The molecular weight excluding hydrogens is 240 g/mol. The van der Waals surface area contributed by atoms with Crippen molar-refractivity contribution in [2.45, 2.75) is 18.9 Å². The van der Waals surface area contributed by atoms with Crippen LogP contribution in [0.15, 0.2) is 18.2 Å². The highest BCUT2D eigenvalue weighted by atomic mass is 35.5. The van der Waals surface area contributed by atoms with Crippen LogP contribution in [0.25, 0.3) is 0 Å². The zero-order valence-electron chi connectivity index (χ0n) is 8.98. The van der Waals surface area contributed by atoms with Crippen molar-refractivity contribution in [2.75, 3.05) is 5.32 Å². The third-order valence-corrected chi connectivity index (χ3v) is 3.11. The summed E-state index contributed by atoms with van der Waals surface area (Å²) in [4.78, 5) is 11.1. The molecule has 5 heteroatoms. The molecule has 1 aliphatic rings. The summed E-state index contributed by atoms with van der Waals surface area (Å²) in [5.74, 6) is -0.741. The summed E-state index contributed by atoms with van der Waals surface area (Å²) in [5.41, 5.74) is 0.778. The van der Waals surface area contributed by atoms with E-state index in [2.05, 4.69) is 5.32 Å². The standard InChI is InChI=1S/C12H11ClN2O2/c13-9-2-1-3-10(8(9)6-14)15-11(12(16)17)7-4-5-7/h1-3,7,11,15H,4-5H2,(H,16,17). The molecule has 0 heterocycles. The summed E-state index contributed by atoms with van der Waals surface area (Å²) in [5, 5.41) is 21.3. The number of rotatable bonds is 4. The third kappa shape index (κ3) is 2.51. The number of nitrogens with zero attached hydrogens (tertiary/aromatic N) is 1. The average molecular weight is 251 g/mol. The first-order chi connectivity index (χ1) is 8.13. The lowest BCUT2D eigenvalue weighted by atomic mass is 10.1. The minimum Gasteiger partial charge on any atom is -0.480 e. The second kappa shape index (κ2) is 4.64. The number of carboxylic acid groups (broad SMARTS) is 1. The van der Waals surface area contributed by atoms with Gasteiger partial charge in [-0.2, -0.15) is 5.26 Å². The molecule has 1 saturated carbocycles. The molecule has 1 unspecified atom stereocenters. The monoisotopic (exact) mass is 250 g/mol. The normalized spacial score (nSPS) is 16.0. The minimum absolute atomic E-state index is 0.151. The number of nitriles is 1. The molecule has 0 bridgehead atoms. The highest BCUT2D eigenvalue weighted by Gasteiger charge is 2.36. The van der Waals surface area contributed by atoms with Gasteiger partial charge in [-0.05, 0) is 30.9 Å². The smallest absolute Gasteiger partial charge is 0.326 e. The Balaban J connectivity index is 2.26. The van der Waals surface area contributed by atoms with E-state index >= 15 is 0 Å². The Bertz CT molecular complexity index is 492. The molecule has 0 radical (unpaired) electrons. The molecule has 1 atom stereocenters. The lowest BCUT2D eigenvalue weighted by Crippen LogP contribution is -2.31. The first kappa shape index (κ1) is 11.7. The molecule has 0 aliphatic heterocycles. The number of anilines is 1. The van der Waals surface area contributed by atoms with E-state index in [0.29, 0.717) is 16.3 Å². The number of halogens is 1. The lowest BCUT2D eigenvalue weighted by molar-refractivity contribution is -0.138. The number of carbonyl (C=O) groups is 1. The van der Waals surface area contributed by atoms with E-state index in [1.54, 1.807) is 18.2 Å². The second-order valence-electron chi connectivity index (χ2n) is 4.07. The summed E-state index contributed by atoms with van der Waals surface area (Å²) in [6, 6.07) is 6.31. The molecule has 0 saturated heterocycles. The maximum atomic E-state index is 11.1. The molecule has 1 fully saturated rings. The van der Waals surface area contributed by atoms with E-state index in [1.165, 1.54) is 0 Å². The van der Waals surface area contributed by atoms with Gasteiger partial charge in [-0.3, -0.25) is 0 Å². The summed E-state index contributed by atoms with van der Waals surface area (Å²) in [6.45, 7) is 0. The first-order valence-electron chi connectivity index (χ1n) is 5.31. The number of hydrogen-bond donors (Lipinski definition) is 2. The van der Waals surface area contributed by atoms with E-state index in [-0.39, 0.29) is 5.92 Å². The van der Waals surface area contributed by atoms with Gasteiger partial charge < -0.3 is 10.4 Å². The molecule has 1 aromatic rings. The molecule has 0 aromatic heterocycles. The van der Waals surface area contributed by atoms with Gasteiger partial charge in [0, 0.05) is 0 Å². The van der Waals surface area contributed by atoms with Crippen LogP contribution < -0.4 is 5.32 Å². The molecule has 17 heavy (non-hydrogen) atoms. The second-order valence-corrected chi connectivity index (χ2v) is 4.48. The van der Waals surface area contributed by atoms with Crippen molar-refractivity contribution < 1.29 is 9.90 Å². The summed E-state index contributed by atoms with van der Waals surface area (Å²) < 4.78 is 0. The van der Waals surface area contributed by atoms with E-state index in [0.717, 1.165) is 12.8 Å². The van der Waals surface area contributed by atoms with Crippen LogP contribution in [0.5, 0.6) is 0 Å². The van der Waals surface area contributed by atoms with Gasteiger partial charge in [-0.1, -0.05) is 17.7 Å². The van der Waals surface area contributed by atoms with Crippen molar-refractivity contribution in [3.05, 3.63) is 28.8 Å². The van der Waals surface area contributed by atoms with Crippen molar-refractivity contribution in [1.29, 1.82) is 5.26 Å². The van der Waals surface area contributed by atoms with Gasteiger partial charge in [0.2, 0.25) is 0 Å². The lowest BCUT2D eigenvalue weighted by Gasteiger charge is -2.16. The largest absolute Gasteiger partial charge is 0.480 e. The first-order valence-corrected chi connectivity index (χ1v) is 5.69. The van der Waals surface area contributed by atoms with Gasteiger partial charge in [-0.15, -0.1) is 0 Å². The zero-order valence-corrected chi connectivity index (χ0v) is 9.74. The molecule has 2 rings (SSSR count). The molecule has 4 nitrogen and oxygen atoms in total. The van der Waals surface area contributed by atoms with Gasteiger partial charge in [-0.25, -0.2) is 4.79 Å². The molecule has 1 aromatic carbocycles. The number of aliphatic carboxylic acids is 1. The van der Waals surface area contributed by atoms with Gasteiger partial charge >= 0.3 is 5.97 Å². The van der Waals surface area contributed by atoms with Gasteiger partial charge in [0.25, 0.3) is 0 Å². The number of benzene rings is 1. The van der Waals surface area contributed by atoms with Crippen LogP contribution in [0, 0.1) is 17.2 Å². The summed E-state index contributed by atoms with van der Waals surface area (Å²) in [7, 11) is 0. The van der Waals surface area contributed by atoms with E-state index < -0.39 is 12.0 Å². The fraction of sp³-hybridized carbons (Fsp3) is 0.333. The van der Waals surface area contributed by atoms with Gasteiger partial charge in [0.15, 0.2) is 0 Å². The Morgan fingerprint density at radius 1 is 1.59 bits per heavy atom. The average Bonchev–Trinajstić information content (AvgIpc) is 3.09. The van der Waals surface area contributed by atoms with Crippen molar-refractivity contribution in [3.63, 3.8) is 0 Å². The highest BCUT2D eigenvalue weighted by molar-refractivity contribution is 6.32. The fourth-order valence-corrected chi connectivity index (χ4v) is 1.95. The summed E-state index contributed by atoms with van der Waals surface area (Å²) >= 11 is 5.88.